The number of carbonyl (C=O) groups excluding carboxylic acids is 1. The van der Waals surface area contributed by atoms with Crippen LogP contribution in [0.4, 0.5) is 11.5 Å². The summed E-state index contributed by atoms with van der Waals surface area (Å²) in [5.41, 5.74) is 1.57. The average molecular weight is 458 g/mol. The number of carbonyl (C=O) groups is 1. The first kappa shape index (κ1) is 21.8. The molecule has 5 rings (SSSR count). The van der Waals surface area contributed by atoms with Gasteiger partial charge >= 0.3 is 0 Å². The van der Waals surface area contributed by atoms with Gasteiger partial charge in [-0.05, 0) is 43.3 Å². The number of benzene rings is 2. The molecule has 1 aliphatic heterocycles. The third-order valence-corrected chi connectivity index (χ3v) is 6.15. The van der Waals surface area contributed by atoms with Crippen LogP contribution in [0, 0.1) is 0 Å². The van der Waals surface area contributed by atoms with Gasteiger partial charge in [0.15, 0.2) is 5.65 Å². The minimum atomic E-state index is -0.244. The van der Waals surface area contributed by atoms with E-state index >= 15 is 0 Å². The lowest BCUT2D eigenvalue weighted by atomic mass is 10.2. The number of anilines is 2. The Morgan fingerprint density at radius 2 is 1.68 bits per heavy atom. The van der Waals surface area contributed by atoms with Crippen molar-refractivity contribution in [1.29, 1.82) is 0 Å². The fourth-order valence-electron chi connectivity index (χ4n) is 4.17. The first-order valence-corrected chi connectivity index (χ1v) is 11.3. The van der Waals surface area contributed by atoms with Crippen molar-refractivity contribution in [3.05, 3.63) is 67.1 Å². The molecule has 4 aromatic rings. The molecule has 1 N–H and O–H groups in total. The van der Waals surface area contributed by atoms with Crippen LogP contribution in [-0.2, 0) is 11.8 Å². The number of aryl methyl sites for hydroxylation is 1. The molecule has 9 heteroatoms. The minimum absolute atomic E-state index is 0.0261. The van der Waals surface area contributed by atoms with Crippen LogP contribution in [0.5, 0.6) is 11.5 Å². The molecule has 0 spiro atoms. The summed E-state index contributed by atoms with van der Waals surface area (Å²) in [6, 6.07) is 16.8. The van der Waals surface area contributed by atoms with E-state index in [1.165, 1.54) is 0 Å². The summed E-state index contributed by atoms with van der Waals surface area (Å²) in [5.74, 6) is 2.37. The van der Waals surface area contributed by atoms with Crippen LogP contribution in [0.25, 0.3) is 11.0 Å². The molecular formula is C25H27N7O2. The Bertz CT molecular complexity index is 1270. The zero-order chi connectivity index (χ0) is 23.5. The second-order valence-electron chi connectivity index (χ2n) is 8.33. The summed E-state index contributed by atoms with van der Waals surface area (Å²) >= 11 is 0. The standard InChI is InChI=1S/C25H27N7O2/c1-18(25(33)29-19-8-10-21(11-9-19)34-20-6-4-3-5-7-20)31-12-14-32(15-13-31)24-22-16-28-30(2)23(22)26-17-27-24/h3-11,16-18H,12-15H2,1-2H3,(H,29,33). The lowest BCUT2D eigenvalue weighted by Crippen LogP contribution is -2.53. The molecule has 1 amide bonds. The Hall–Kier alpha value is -3.98. The van der Waals surface area contributed by atoms with Crippen LogP contribution in [0.15, 0.2) is 67.1 Å². The van der Waals surface area contributed by atoms with Crippen molar-refractivity contribution in [1.82, 2.24) is 24.6 Å². The van der Waals surface area contributed by atoms with Crippen molar-refractivity contribution < 1.29 is 9.53 Å². The highest BCUT2D eigenvalue weighted by Gasteiger charge is 2.27. The summed E-state index contributed by atoms with van der Waals surface area (Å²) in [5, 5.41) is 8.27. The molecule has 174 valence electrons. The number of rotatable bonds is 6. The predicted molar refractivity (Wildman–Crippen MR) is 131 cm³/mol. The van der Waals surface area contributed by atoms with Gasteiger partial charge in [-0.15, -0.1) is 0 Å². The summed E-state index contributed by atoms with van der Waals surface area (Å²) in [6.45, 7) is 5.05. The molecule has 1 unspecified atom stereocenters. The Labute approximate surface area is 198 Å². The van der Waals surface area contributed by atoms with Gasteiger partial charge in [-0.3, -0.25) is 14.4 Å². The third-order valence-electron chi connectivity index (χ3n) is 6.15. The zero-order valence-corrected chi connectivity index (χ0v) is 19.3. The Morgan fingerprint density at radius 1 is 0.971 bits per heavy atom. The zero-order valence-electron chi connectivity index (χ0n) is 19.3. The van der Waals surface area contributed by atoms with E-state index in [9.17, 15) is 4.79 Å². The Balaban J connectivity index is 1.16. The van der Waals surface area contributed by atoms with E-state index in [0.717, 1.165) is 60.2 Å². The van der Waals surface area contributed by atoms with E-state index in [1.807, 2.05) is 74.8 Å². The van der Waals surface area contributed by atoms with Crippen LogP contribution in [-0.4, -0.2) is 62.8 Å². The second kappa shape index (κ2) is 9.48. The van der Waals surface area contributed by atoms with Crippen LogP contribution in [0.3, 0.4) is 0 Å². The molecule has 2 aromatic carbocycles. The maximum Gasteiger partial charge on any atom is 0.241 e. The van der Waals surface area contributed by atoms with Crippen LogP contribution >= 0.6 is 0 Å². The maximum absolute atomic E-state index is 12.9. The molecule has 1 aliphatic rings. The fraction of sp³-hybridized carbons (Fsp3) is 0.280. The highest BCUT2D eigenvalue weighted by molar-refractivity contribution is 5.94. The van der Waals surface area contributed by atoms with Crippen molar-refractivity contribution in [3.63, 3.8) is 0 Å². The number of para-hydroxylation sites is 1. The molecule has 1 saturated heterocycles. The largest absolute Gasteiger partial charge is 0.457 e. The Kier molecular flexibility index (Phi) is 6.09. The van der Waals surface area contributed by atoms with Crippen molar-refractivity contribution in [2.24, 2.45) is 7.05 Å². The molecule has 0 bridgehead atoms. The van der Waals surface area contributed by atoms with Crippen molar-refractivity contribution in [3.8, 4) is 11.5 Å². The molecule has 2 aromatic heterocycles. The monoisotopic (exact) mass is 457 g/mol. The van der Waals surface area contributed by atoms with Crippen molar-refractivity contribution in [2.75, 3.05) is 36.4 Å². The molecule has 34 heavy (non-hydrogen) atoms. The number of aromatic nitrogens is 4. The maximum atomic E-state index is 12.9. The number of ether oxygens (including phenoxy) is 1. The van der Waals surface area contributed by atoms with Gasteiger partial charge in [0.1, 0.15) is 23.6 Å². The molecule has 1 atom stereocenters. The van der Waals surface area contributed by atoms with E-state index in [-0.39, 0.29) is 11.9 Å². The van der Waals surface area contributed by atoms with Crippen LogP contribution in [0.1, 0.15) is 6.92 Å². The van der Waals surface area contributed by atoms with Crippen molar-refractivity contribution >= 4 is 28.4 Å². The fourth-order valence-corrected chi connectivity index (χ4v) is 4.17. The van der Waals surface area contributed by atoms with E-state index in [4.69, 9.17) is 4.74 Å². The number of amides is 1. The summed E-state index contributed by atoms with van der Waals surface area (Å²) < 4.78 is 7.57. The van der Waals surface area contributed by atoms with Gasteiger partial charge in [-0.25, -0.2) is 9.97 Å². The third kappa shape index (κ3) is 4.55. The highest BCUT2D eigenvalue weighted by atomic mass is 16.5. The van der Waals surface area contributed by atoms with Gasteiger partial charge in [0.05, 0.1) is 17.6 Å². The topological polar surface area (TPSA) is 88.4 Å². The minimum Gasteiger partial charge on any atom is -0.457 e. The second-order valence-corrected chi connectivity index (χ2v) is 8.33. The Morgan fingerprint density at radius 3 is 2.41 bits per heavy atom. The van der Waals surface area contributed by atoms with Gasteiger partial charge < -0.3 is 15.0 Å². The summed E-state index contributed by atoms with van der Waals surface area (Å²) in [6.07, 6.45) is 3.39. The molecule has 0 radical (unpaired) electrons. The van der Waals surface area contributed by atoms with E-state index in [0.29, 0.717) is 0 Å². The number of nitrogens with one attached hydrogen (secondary N) is 1. The summed E-state index contributed by atoms with van der Waals surface area (Å²) in [7, 11) is 1.88. The van der Waals surface area contributed by atoms with Gasteiger partial charge in [0.2, 0.25) is 5.91 Å². The first-order valence-electron chi connectivity index (χ1n) is 11.3. The normalized spacial score (nSPS) is 15.3. The molecule has 9 nitrogen and oxygen atoms in total. The molecule has 0 saturated carbocycles. The number of hydrogen-bond acceptors (Lipinski definition) is 7. The molecule has 0 aliphatic carbocycles. The SMILES string of the molecule is CC(C(=O)Nc1ccc(Oc2ccccc2)cc1)N1CCN(c2ncnc3c2cnn3C)CC1. The number of fused-ring (bicyclic) bond motifs is 1. The average Bonchev–Trinajstić information content (AvgIpc) is 3.26. The lowest BCUT2D eigenvalue weighted by Gasteiger charge is -2.38. The smallest absolute Gasteiger partial charge is 0.241 e. The number of nitrogens with zero attached hydrogens (tertiary/aromatic N) is 6. The molecular weight excluding hydrogens is 430 g/mol. The van der Waals surface area contributed by atoms with Gasteiger partial charge in [-0.1, -0.05) is 18.2 Å². The van der Waals surface area contributed by atoms with E-state index in [1.54, 1.807) is 11.0 Å². The highest BCUT2D eigenvalue weighted by Crippen LogP contribution is 2.25. The van der Waals surface area contributed by atoms with E-state index in [2.05, 4.69) is 30.2 Å². The first-order chi connectivity index (χ1) is 16.6. The van der Waals surface area contributed by atoms with Crippen molar-refractivity contribution in [2.45, 2.75) is 13.0 Å². The van der Waals surface area contributed by atoms with Crippen LogP contribution in [0.2, 0.25) is 0 Å². The summed E-state index contributed by atoms with van der Waals surface area (Å²) in [4.78, 5) is 26.1. The number of piperazine rings is 1. The molecule has 1 fully saturated rings. The van der Waals surface area contributed by atoms with Gasteiger partial charge in [0, 0.05) is 38.9 Å². The lowest BCUT2D eigenvalue weighted by molar-refractivity contribution is -0.120. The van der Waals surface area contributed by atoms with Crippen LogP contribution < -0.4 is 15.0 Å². The molecule has 3 heterocycles. The predicted octanol–water partition coefficient (Wildman–Crippen LogP) is 3.30. The van der Waals surface area contributed by atoms with Gasteiger partial charge in [-0.2, -0.15) is 5.10 Å². The van der Waals surface area contributed by atoms with Gasteiger partial charge in [0.25, 0.3) is 0 Å². The van der Waals surface area contributed by atoms with E-state index < -0.39 is 0 Å². The quantitative estimate of drug-likeness (QED) is 0.475. The number of hydrogen-bond donors (Lipinski definition) is 1.